The van der Waals surface area contributed by atoms with E-state index in [1.165, 1.54) is 17.4 Å². The first kappa shape index (κ1) is 28.5. The average Bonchev–Trinajstić information content (AvgIpc) is 3.06. The number of imide groups is 1. The van der Waals surface area contributed by atoms with Crippen molar-refractivity contribution < 1.29 is 23.2 Å². The summed E-state index contributed by atoms with van der Waals surface area (Å²) in [6.07, 6.45) is 6.26. The Morgan fingerprint density at radius 2 is 1.78 bits per heavy atom. The van der Waals surface area contributed by atoms with Crippen molar-refractivity contribution in [1.82, 2.24) is 5.32 Å². The van der Waals surface area contributed by atoms with Crippen LogP contribution in [0.25, 0.3) is 11.1 Å². The number of nitrogens with zero attached hydrogens (tertiary/aromatic N) is 1. The summed E-state index contributed by atoms with van der Waals surface area (Å²) in [5, 5.41) is 2.79. The average molecular weight is 560 g/mol. The van der Waals surface area contributed by atoms with Crippen molar-refractivity contribution >= 4 is 29.1 Å². The molecule has 6 nitrogen and oxygen atoms in total. The van der Waals surface area contributed by atoms with Gasteiger partial charge in [-0.2, -0.15) is 0 Å². The Bertz CT molecular complexity index is 1470. The van der Waals surface area contributed by atoms with Crippen molar-refractivity contribution in [3.8, 4) is 11.1 Å². The summed E-state index contributed by atoms with van der Waals surface area (Å²) in [6.45, 7) is 1.76. The lowest BCUT2D eigenvalue weighted by Crippen LogP contribution is -2.52. The number of hydrogen-bond acceptors (Lipinski definition) is 4. The third kappa shape index (κ3) is 6.01. The zero-order valence-electron chi connectivity index (χ0n) is 23.2. The van der Waals surface area contributed by atoms with Crippen molar-refractivity contribution in [2.45, 2.75) is 70.3 Å². The van der Waals surface area contributed by atoms with Gasteiger partial charge in [-0.15, -0.1) is 0 Å². The second kappa shape index (κ2) is 12.2. The maximum Gasteiger partial charge on any atom is 0.256 e. The highest BCUT2D eigenvalue weighted by Crippen LogP contribution is 2.44. The number of rotatable bonds is 7. The van der Waals surface area contributed by atoms with E-state index in [0.717, 1.165) is 48.9 Å². The smallest absolute Gasteiger partial charge is 0.256 e. The third-order valence-electron chi connectivity index (χ3n) is 8.41. The molecule has 1 unspecified atom stereocenters. The van der Waals surface area contributed by atoms with Crippen LogP contribution in [0.2, 0.25) is 0 Å². The third-order valence-corrected chi connectivity index (χ3v) is 8.41. The SMILES string of the molecule is CC1C(=O)N(C(=O)[C@H](CCC2CCCCC2)NC(=O)Cc2ccc(F)cc2F)c2cccc(N)c2-c2ccccc21. The van der Waals surface area contributed by atoms with Crippen molar-refractivity contribution in [3.63, 3.8) is 0 Å². The molecule has 214 valence electrons. The van der Waals surface area contributed by atoms with Gasteiger partial charge in [-0.25, -0.2) is 13.7 Å². The second-order valence-electron chi connectivity index (χ2n) is 11.2. The van der Waals surface area contributed by atoms with Crippen LogP contribution in [0.3, 0.4) is 0 Å². The van der Waals surface area contributed by atoms with E-state index in [9.17, 15) is 23.2 Å². The number of fused-ring (bicyclic) bond motifs is 3. The summed E-state index contributed by atoms with van der Waals surface area (Å²) in [5.41, 5.74) is 9.40. The van der Waals surface area contributed by atoms with Gasteiger partial charge in [-0.3, -0.25) is 14.4 Å². The van der Waals surface area contributed by atoms with E-state index in [4.69, 9.17) is 5.73 Å². The molecule has 3 aromatic carbocycles. The first-order chi connectivity index (χ1) is 19.7. The molecule has 0 spiro atoms. The highest BCUT2D eigenvalue weighted by atomic mass is 19.1. The number of carbonyl (C=O) groups is 3. The summed E-state index contributed by atoms with van der Waals surface area (Å²) in [5.74, 6) is -3.31. The Hall–Kier alpha value is -4.07. The molecule has 0 saturated heterocycles. The molecule has 1 saturated carbocycles. The molecule has 0 aromatic heterocycles. The summed E-state index contributed by atoms with van der Waals surface area (Å²) in [4.78, 5) is 42.6. The van der Waals surface area contributed by atoms with E-state index in [1.807, 2.05) is 24.3 Å². The van der Waals surface area contributed by atoms with Crippen LogP contribution < -0.4 is 16.0 Å². The first-order valence-corrected chi connectivity index (χ1v) is 14.3. The van der Waals surface area contributed by atoms with Gasteiger partial charge in [-0.1, -0.05) is 68.5 Å². The summed E-state index contributed by atoms with van der Waals surface area (Å²) in [6, 6.07) is 14.6. The Morgan fingerprint density at radius 3 is 2.54 bits per heavy atom. The standard InChI is InChI=1S/C33H35F2N3O3/c1-20-24-10-5-6-11-25(24)31-27(36)12-7-13-29(31)38(32(20)40)33(41)28(17-14-21-8-3-2-4-9-21)37-30(39)18-22-15-16-23(34)19-26(22)35/h5-7,10-13,15-16,19-21,28H,2-4,8-9,14,17-18,36H2,1H3,(H,37,39)/t20?,28-/m0/s1. The van der Waals surface area contributed by atoms with Gasteiger partial charge in [0.25, 0.3) is 5.91 Å². The monoisotopic (exact) mass is 559 g/mol. The maximum absolute atomic E-state index is 14.3. The lowest BCUT2D eigenvalue weighted by molar-refractivity contribution is -0.131. The van der Waals surface area contributed by atoms with E-state index in [-0.39, 0.29) is 12.0 Å². The van der Waals surface area contributed by atoms with Crippen LogP contribution in [0.1, 0.15) is 68.9 Å². The molecule has 1 fully saturated rings. The molecule has 1 heterocycles. The number of hydrogen-bond donors (Lipinski definition) is 2. The predicted octanol–water partition coefficient (Wildman–Crippen LogP) is 6.28. The zero-order valence-corrected chi connectivity index (χ0v) is 23.2. The van der Waals surface area contributed by atoms with Gasteiger partial charge in [-0.05, 0) is 60.6 Å². The van der Waals surface area contributed by atoms with Crippen LogP contribution in [-0.4, -0.2) is 23.8 Å². The topological polar surface area (TPSA) is 92.5 Å². The number of nitrogen functional groups attached to an aromatic ring is 1. The van der Waals surface area contributed by atoms with Crippen molar-refractivity contribution in [2.24, 2.45) is 5.92 Å². The molecular formula is C33H35F2N3O3. The Labute approximate surface area is 238 Å². The van der Waals surface area contributed by atoms with E-state index < -0.39 is 41.3 Å². The predicted molar refractivity (Wildman–Crippen MR) is 155 cm³/mol. The summed E-state index contributed by atoms with van der Waals surface area (Å²) >= 11 is 0. The number of amides is 3. The quantitative estimate of drug-likeness (QED) is 0.333. The van der Waals surface area contributed by atoms with Crippen LogP contribution in [0.5, 0.6) is 0 Å². The van der Waals surface area contributed by atoms with Crippen molar-refractivity contribution in [3.05, 3.63) is 83.4 Å². The number of halogens is 2. The van der Waals surface area contributed by atoms with Crippen LogP contribution in [0, 0.1) is 17.6 Å². The number of nitrogens with one attached hydrogen (secondary N) is 1. The highest BCUT2D eigenvalue weighted by molar-refractivity contribution is 6.22. The van der Waals surface area contributed by atoms with E-state index in [1.54, 1.807) is 25.1 Å². The normalized spacial score (nSPS) is 17.8. The first-order valence-electron chi connectivity index (χ1n) is 14.3. The second-order valence-corrected chi connectivity index (χ2v) is 11.2. The van der Waals surface area contributed by atoms with Gasteiger partial charge in [0.2, 0.25) is 11.8 Å². The fourth-order valence-corrected chi connectivity index (χ4v) is 6.19. The minimum Gasteiger partial charge on any atom is -0.398 e. The van der Waals surface area contributed by atoms with Crippen molar-refractivity contribution in [1.29, 1.82) is 0 Å². The fraction of sp³-hybridized carbons (Fsp3) is 0.364. The lowest BCUT2D eigenvalue weighted by Gasteiger charge is -2.30. The van der Waals surface area contributed by atoms with E-state index in [0.29, 0.717) is 35.7 Å². The Kier molecular flexibility index (Phi) is 8.47. The Balaban J connectivity index is 1.48. The Morgan fingerprint density at radius 1 is 1.02 bits per heavy atom. The largest absolute Gasteiger partial charge is 0.398 e. The summed E-state index contributed by atoms with van der Waals surface area (Å²) < 4.78 is 27.7. The minimum absolute atomic E-state index is 0.0235. The molecule has 8 heteroatoms. The van der Waals surface area contributed by atoms with Gasteiger partial charge in [0.1, 0.15) is 17.7 Å². The maximum atomic E-state index is 14.3. The molecule has 2 atom stereocenters. The molecule has 0 radical (unpaired) electrons. The molecular weight excluding hydrogens is 524 g/mol. The number of nitrogens with two attached hydrogens (primary N) is 1. The van der Waals surface area contributed by atoms with Crippen LogP contribution in [0.4, 0.5) is 20.2 Å². The molecule has 3 amide bonds. The molecule has 1 aliphatic carbocycles. The van der Waals surface area contributed by atoms with Gasteiger partial charge in [0.05, 0.1) is 18.0 Å². The van der Waals surface area contributed by atoms with Gasteiger partial charge in [0.15, 0.2) is 0 Å². The van der Waals surface area contributed by atoms with Crippen LogP contribution in [0.15, 0.2) is 60.7 Å². The van der Waals surface area contributed by atoms with Crippen LogP contribution >= 0.6 is 0 Å². The molecule has 2 aliphatic rings. The van der Waals surface area contributed by atoms with Gasteiger partial charge in [0, 0.05) is 17.3 Å². The molecule has 41 heavy (non-hydrogen) atoms. The van der Waals surface area contributed by atoms with E-state index >= 15 is 0 Å². The molecule has 5 rings (SSSR count). The van der Waals surface area contributed by atoms with Gasteiger partial charge >= 0.3 is 0 Å². The molecule has 0 bridgehead atoms. The van der Waals surface area contributed by atoms with Gasteiger partial charge < -0.3 is 11.1 Å². The molecule has 1 aliphatic heterocycles. The number of anilines is 2. The van der Waals surface area contributed by atoms with E-state index in [2.05, 4.69) is 5.32 Å². The van der Waals surface area contributed by atoms with Crippen LogP contribution in [-0.2, 0) is 20.8 Å². The zero-order chi connectivity index (χ0) is 29.1. The number of benzene rings is 3. The lowest BCUT2D eigenvalue weighted by atomic mass is 9.85. The molecule has 3 N–H and O–H groups in total. The number of carbonyl (C=O) groups excluding carboxylic acids is 3. The highest BCUT2D eigenvalue weighted by Gasteiger charge is 2.39. The minimum atomic E-state index is -1.01. The summed E-state index contributed by atoms with van der Waals surface area (Å²) in [7, 11) is 0. The molecule has 3 aromatic rings. The fourth-order valence-electron chi connectivity index (χ4n) is 6.19. The van der Waals surface area contributed by atoms with Crippen molar-refractivity contribution in [2.75, 3.05) is 10.6 Å².